The molecule has 0 spiro atoms. The molecule has 2 aromatic carbocycles. The fourth-order valence-electron chi connectivity index (χ4n) is 3.34. The van der Waals surface area contributed by atoms with Crippen molar-refractivity contribution in [3.63, 3.8) is 0 Å². The quantitative estimate of drug-likeness (QED) is 0.542. The van der Waals surface area contributed by atoms with Crippen LogP contribution >= 0.6 is 0 Å². The van der Waals surface area contributed by atoms with Crippen LogP contribution in [-0.2, 0) is 0 Å². The highest BCUT2D eigenvalue weighted by atomic mass is 16.6. The van der Waals surface area contributed by atoms with Crippen LogP contribution in [0.1, 0.15) is 10.4 Å². The van der Waals surface area contributed by atoms with Crippen LogP contribution in [0.5, 0.6) is 17.2 Å². The highest BCUT2D eigenvalue weighted by molar-refractivity contribution is 5.99. The van der Waals surface area contributed by atoms with E-state index in [9.17, 15) is 14.9 Å². The van der Waals surface area contributed by atoms with Gasteiger partial charge in [-0.05, 0) is 12.1 Å². The summed E-state index contributed by atoms with van der Waals surface area (Å²) < 4.78 is 15.6. The summed E-state index contributed by atoms with van der Waals surface area (Å²) in [4.78, 5) is 27.7. The molecule has 154 valence electrons. The van der Waals surface area contributed by atoms with Gasteiger partial charge >= 0.3 is 0 Å². The predicted octanol–water partition coefficient (Wildman–Crippen LogP) is 2.58. The maximum Gasteiger partial charge on any atom is 0.286 e. The number of methoxy groups -OCH3 is 3. The number of rotatable bonds is 6. The highest BCUT2D eigenvalue weighted by Gasteiger charge is 2.30. The van der Waals surface area contributed by atoms with Crippen molar-refractivity contribution >= 4 is 17.3 Å². The Bertz CT molecular complexity index is 909. The molecule has 0 bridgehead atoms. The molecule has 3 rings (SSSR count). The van der Waals surface area contributed by atoms with E-state index in [0.717, 1.165) is 11.4 Å². The summed E-state index contributed by atoms with van der Waals surface area (Å²) in [5.41, 5.74) is 0.693. The van der Waals surface area contributed by atoms with E-state index in [1.165, 1.54) is 26.4 Å². The van der Waals surface area contributed by atoms with Gasteiger partial charge in [-0.15, -0.1) is 0 Å². The summed E-state index contributed by atoms with van der Waals surface area (Å²) >= 11 is 0. The first kappa shape index (κ1) is 20.2. The zero-order valence-electron chi connectivity index (χ0n) is 16.6. The summed E-state index contributed by atoms with van der Waals surface area (Å²) in [5, 5.41) is 11.5. The lowest BCUT2D eigenvalue weighted by molar-refractivity contribution is -0.385. The Hall–Kier alpha value is -3.49. The maximum absolute atomic E-state index is 13.0. The van der Waals surface area contributed by atoms with Gasteiger partial charge in [0.25, 0.3) is 11.6 Å². The lowest BCUT2D eigenvalue weighted by atomic mass is 10.1. The van der Waals surface area contributed by atoms with Gasteiger partial charge in [-0.3, -0.25) is 14.9 Å². The monoisotopic (exact) mass is 401 g/mol. The van der Waals surface area contributed by atoms with Crippen LogP contribution in [-0.4, -0.2) is 63.2 Å². The van der Waals surface area contributed by atoms with Crippen molar-refractivity contribution in [1.82, 2.24) is 4.90 Å². The van der Waals surface area contributed by atoms with Crippen LogP contribution < -0.4 is 19.1 Å². The van der Waals surface area contributed by atoms with Crippen LogP contribution in [0.2, 0.25) is 0 Å². The number of nitro groups is 1. The smallest absolute Gasteiger partial charge is 0.286 e. The van der Waals surface area contributed by atoms with Crippen molar-refractivity contribution in [2.45, 2.75) is 0 Å². The van der Waals surface area contributed by atoms with Crippen LogP contribution in [0.4, 0.5) is 11.4 Å². The number of nitro benzene ring substituents is 1. The molecule has 0 radical (unpaired) electrons. The van der Waals surface area contributed by atoms with E-state index in [4.69, 9.17) is 14.2 Å². The average molecular weight is 401 g/mol. The lowest BCUT2D eigenvalue weighted by Gasteiger charge is -2.36. The Kier molecular flexibility index (Phi) is 6.06. The number of anilines is 1. The SMILES string of the molecule is COc1cccc(N2CCN(C(=O)c3cc(OC)c(OC)cc3[N+](=O)[O-])CC2)c1. The molecule has 9 heteroatoms. The number of carbonyl (C=O) groups is 1. The number of hydrogen-bond acceptors (Lipinski definition) is 7. The van der Waals surface area contributed by atoms with Crippen molar-refractivity contribution in [1.29, 1.82) is 0 Å². The third-order valence-electron chi connectivity index (χ3n) is 4.91. The molecule has 2 aromatic rings. The number of amides is 1. The summed E-state index contributed by atoms with van der Waals surface area (Å²) in [6, 6.07) is 10.3. The minimum absolute atomic E-state index is 0.0116. The Morgan fingerprint density at radius 2 is 1.62 bits per heavy atom. The van der Waals surface area contributed by atoms with Gasteiger partial charge in [0.2, 0.25) is 0 Å². The number of piperazine rings is 1. The maximum atomic E-state index is 13.0. The van der Waals surface area contributed by atoms with E-state index in [-0.39, 0.29) is 22.7 Å². The summed E-state index contributed by atoms with van der Waals surface area (Å²) in [6.07, 6.45) is 0. The molecular weight excluding hydrogens is 378 g/mol. The van der Waals surface area contributed by atoms with Gasteiger partial charge in [-0.2, -0.15) is 0 Å². The average Bonchev–Trinajstić information content (AvgIpc) is 2.77. The molecule has 9 nitrogen and oxygen atoms in total. The van der Waals surface area contributed by atoms with Crippen molar-refractivity contribution in [2.24, 2.45) is 0 Å². The van der Waals surface area contributed by atoms with Crippen molar-refractivity contribution in [3.8, 4) is 17.2 Å². The number of ether oxygens (including phenoxy) is 3. The molecule has 0 aromatic heterocycles. The minimum atomic E-state index is -0.582. The van der Waals surface area contributed by atoms with Gasteiger partial charge in [-0.1, -0.05) is 6.07 Å². The Morgan fingerprint density at radius 1 is 0.966 bits per heavy atom. The lowest BCUT2D eigenvalue weighted by Crippen LogP contribution is -2.48. The summed E-state index contributed by atoms with van der Waals surface area (Å²) in [7, 11) is 4.43. The van der Waals surface area contributed by atoms with Crippen molar-refractivity contribution in [2.75, 3.05) is 52.4 Å². The van der Waals surface area contributed by atoms with Crippen molar-refractivity contribution < 1.29 is 23.9 Å². The molecule has 0 aliphatic carbocycles. The highest BCUT2D eigenvalue weighted by Crippen LogP contribution is 2.35. The third kappa shape index (κ3) is 4.18. The fraction of sp³-hybridized carbons (Fsp3) is 0.350. The summed E-state index contributed by atoms with van der Waals surface area (Å²) in [6.45, 7) is 2.11. The second-order valence-corrected chi connectivity index (χ2v) is 6.46. The molecule has 1 amide bonds. The van der Waals surface area contributed by atoms with E-state index in [1.807, 2.05) is 24.3 Å². The van der Waals surface area contributed by atoms with E-state index in [1.54, 1.807) is 12.0 Å². The molecular formula is C20H23N3O6. The minimum Gasteiger partial charge on any atom is -0.497 e. The van der Waals surface area contributed by atoms with E-state index < -0.39 is 10.8 Å². The normalized spacial score (nSPS) is 13.8. The first-order valence-corrected chi connectivity index (χ1v) is 9.07. The first-order chi connectivity index (χ1) is 14.0. The van der Waals surface area contributed by atoms with Gasteiger partial charge in [0.15, 0.2) is 11.5 Å². The first-order valence-electron chi connectivity index (χ1n) is 9.07. The molecule has 1 aliphatic rings. The van der Waals surface area contributed by atoms with E-state index in [2.05, 4.69) is 4.90 Å². The number of benzene rings is 2. The van der Waals surface area contributed by atoms with Crippen LogP contribution in [0.3, 0.4) is 0 Å². The number of hydrogen-bond donors (Lipinski definition) is 0. The molecule has 1 saturated heterocycles. The molecule has 0 unspecified atom stereocenters. The van der Waals surface area contributed by atoms with Crippen molar-refractivity contribution in [3.05, 3.63) is 52.1 Å². The fourth-order valence-corrected chi connectivity index (χ4v) is 3.34. The molecule has 1 heterocycles. The molecule has 1 fully saturated rings. The van der Waals surface area contributed by atoms with E-state index in [0.29, 0.717) is 26.2 Å². The van der Waals surface area contributed by atoms with Gasteiger partial charge < -0.3 is 24.0 Å². The molecule has 29 heavy (non-hydrogen) atoms. The van der Waals surface area contributed by atoms with Gasteiger partial charge in [0.1, 0.15) is 11.3 Å². The van der Waals surface area contributed by atoms with Crippen LogP contribution in [0.15, 0.2) is 36.4 Å². The standard InChI is InChI=1S/C20H23N3O6/c1-27-15-6-4-5-14(11-15)21-7-9-22(10-8-21)20(24)16-12-18(28-2)19(29-3)13-17(16)23(25)26/h4-6,11-13H,7-10H2,1-3H3. The molecule has 1 aliphatic heterocycles. The number of nitrogens with zero attached hydrogens (tertiary/aromatic N) is 3. The van der Waals surface area contributed by atoms with Gasteiger partial charge in [0.05, 0.1) is 32.3 Å². The second kappa shape index (κ2) is 8.68. The number of carbonyl (C=O) groups excluding carboxylic acids is 1. The Labute approximate surface area is 168 Å². The zero-order chi connectivity index (χ0) is 21.0. The van der Waals surface area contributed by atoms with E-state index >= 15 is 0 Å². The zero-order valence-corrected chi connectivity index (χ0v) is 16.6. The molecule has 0 N–H and O–H groups in total. The largest absolute Gasteiger partial charge is 0.497 e. The summed E-state index contributed by atoms with van der Waals surface area (Å²) in [5.74, 6) is 0.847. The van der Waals surface area contributed by atoms with Crippen LogP contribution in [0, 0.1) is 10.1 Å². The predicted molar refractivity (Wildman–Crippen MR) is 107 cm³/mol. The third-order valence-corrected chi connectivity index (χ3v) is 4.91. The van der Waals surface area contributed by atoms with Crippen LogP contribution in [0.25, 0.3) is 0 Å². The Balaban J connectivity index is 1.79. The van der Waals surface area contributed by atoms with Gasteiger partial charge in [0, 0.05) is 44.0 Å². The topological polar surface area (TPSA) is 94.4 Å². The molecule has 0 saturated carbocycles. The Morgan fingerprint density at radius 3 is 2.21 bits per heavy atom. The second-order valence-electron chi connectivity index (χ2n) is 6.46. The van der Waals surface area contributed by atoms with Gasteiger partial charge in [-0.25, -0.2) is 0 Å². The molecule has 0 atom stereocenters.